The first-order valence-electron chi connectivity index (χ1n) is 4.85. The third-order valence-corrected chi connectivity index (χ3v) is 3.07. The van der Waals surface area contributed by atoms with E-state index in [9.17, 15) is 13.2 Å². The van der Waals surface area contributed by atoms with Crippen molar-refractivity contribution >= 4 is 17.0 Å². The Bertz CT molecular complexity index is 540. The first kappa shape index (κ1) is 11.9. The molecular weight excluding hydrogens is 249 g/mol. The minimum Gasteiger partial charge on any atom is -0.376 e. The number of hydrogen-bond donors (Lipinski definition) is 1. The van der Waals surface area contributed by atoms with Gasteiger partial charge in [-0.3, -0.25) is 0 Å². The van der Waals surface area contributed by atoms with Crippen LogP contribution in [0.25, 0.3) is 0 Å². The fourth-order valence-corrected chi connectivity index (χ4v) is 2.02. The Morgan fingerprint density at radius 1 is 1.18 bits per heavy atom. The zero-order valence-corrected chi connectivity index (χ0v) is 9.75. The summed E-state index contributed by atoms with van der Waals surface area (Å²) >= 11 is 1.42. The average Bonchev–Trinajstić information content (AvgIpc) is 2.68. The van der Waals surface area contributed by atoms with Crippen LogP contribution in [0.2, 0.25) is 0 Å². The fourth-order valence-electron chi connectivity index (χ4n) is 1.31. The van der Waals surface area contributed by atoms with Gasteiger partial charge in [0.05, 0.1) is 12.2 Å². The van der Waals surface area contributed by atoms with E-state index in [0.29, 0.717) is 6.07 Å². The monoisotopic (exact) mass is 258 g/mol. The van der Waals surface area contributed by atoms with Crippen molar-refractivity contribution in [3.63, 3.8) is 0 Å². The number of halogens is 3. The third-order valence-electron chi connectivity index (χ3n) is 2.11. The van der Waals surface area contributed by atoms with Crippen LogP contribution in [0.1, 0.15) is 10.7 Å². The maximum absolute atomic E-state index is 13.3. The summed E-state index contributed by atoms with van der Waals surface area (Å²) in [6, 6.07) is 1.32. The van der Waals surface area contributed by atoms with E-state index in [2.05, 4.69) is 10.3 Å². The molecule has 0 unspecified atom stereocenters. The van der Waals surface area contributed by atoms with Crippen molar-refractivity contribution in [2.45, 2.75) is 13.5 Å². The molecule has 17 heavy (non-hydrogen) atoms. The Morgan fingerprint density at radius 3 is 2.53 bits per heavy atom. The quantitative estimate of drug-likeness (QED) is 0.852. The van der Waals surface area contributed by atoms with Crippen LogP contribution >= 0.6 is 11.3 Å². The van der Waals surface area contributed by atoms with E-state index in [0.717, 1.165) is 16.8 Å². The number of benzene rings is 1. The predicted octanol–water partition coefficient (Wildman–Crippen LogP) is 3.48. The Hall–Kier alpha value is -1.56. The van der Waals surface area contributed by atoms with E-state index in [-0.39, 0.29) is 12.2 Å². The van der Waals surface area contributed by atoms with Gasteiger partial charge in [-0.25, -0.2) is 18.2 Å². The second-order valence-corrected chi connectivity index (χ2v) is 4.42. The number of hydrogen-bond acceptors (Lipinski definition) is 3. The molecule has 0 fully saturated rings. The van der Waals surface area contributed by atoms with Crippen LogP contribution in [0.5, 0.6) is 0 Å². The molecule has 0 amide bonds. The summed E-state index contributed by atoms with van der Waals surface area (Å²) in [5.41, 5.74) is 0.800. The number of aromatic nitrogens is 1. The number of thiazole rings is 1. The summed E-state index contributed by atoms with van der Waals surface area (Å²) < 4.78 is 38.8. The molecule has 1 aromatic heterocycles. The third kappa shape index (κ3) is 2.76. The van der Waals surface area contributed by atoms with Gasteiger partial charge < -0.3 is 5.32 Å². The summed E-state index contributed by atoms with van der Waals surface area (Å²) in [5.74, 6) is -3.10. The topological polar surface area (TPSA) is 24.9 Å². The van der Waals surface area contributed by atoms with Crippen LogP contribution in [0.4, 0.5) is 18.9 Å². The summed E-state index contributed by atoms with van der Waals surface area (Å²) in [6.45, 7) is 2.12. The van der Waals surface area contributed by atoms with E-state index in [1.807, 2.05) is 12.3 Å². The lowest BCUT2D eigenvalue weighted by Crippen LogP contribution is -2.02. The zero-order valence-electron chi connectivity index (χ0n) is 8.93. The van der Waals surface area contributed by atoms with E-state index in [4.69, 9.17) is 0 Å². The molecule has 2 nitrogen and oxygen atoms in total. The standard InChI is InChI=1S/C11H9F3N2S/c1-6-5-17-11(16-6)4-15-10-3-8(13)7(12)2-9(10)14/h2-3,5,15H,4H2,1H3. The van der Waals surface area contributed by atoms with Gasteiger partial charge in [0.15, 0.2) is 11.6 Å². The molecule has 1 heterocycles. The molecule has 0 aliphatic rings. The Labute approximate surface area is 100 Å². The van der Waals surface area contributed by atoms with Crippen LogP contribution < -0.4 is 5.32 Å². The predicted molar refractivity (Wildman–Crippen MR) is 60.5 cm³/mol. The summed E-state index contributed by atoms with van der Waals surface area (Å²) in [5, 5.41) is 5.29. The highest BCUT2D eigenvalue weighted by Gasteiger charge is 2.09. The van der Waals surface area contributed by atoms with Gasteiger partial charge in [0.2, 0.25) is 0 Å². The molecule has 0 saturated heterocycles. The van der Waals surface area contributed by atoms with Gasteiger partial charge in [-0.05, 0) is 6.92 Å². The van der Waals surface area contributed by atoms with Gasteiger partial charge >= 0.3 is 0 Å². The highest BCUT2D eigenvalue weighted by Crippen LogP contribution is 2.19. The summed E-state index contributed by atoms with van der Waals surface area (Å²) in [4.78, 5) is 4.16. The van der Waals surface area contributed by atoms with Gasteiger partial charge in [-0.2, -0.15) is 0 Å². The molecule has 6 heteroatoms. The number of anilines is 1. The van der Waals surface area contributed by atoms with Crippen molar-refractivity contribution in [2.75, 3.05) is 5.32 Å². The minimum absolute atomic E-state index is 0.0725. The normalized spacial score (nSPS) is 10.6. The van der Waals surface area contributed by atoms with E-state index in [1.54, 1.807) is 0 Å². The molecular formula is C11H9F3N2S. The number of aryl methyl sites for hydroxylation is 1. The lowest BCUT2D eigenvalue weighted by molar-refractivity contribution is 0.496. The second kappa shape index (κ2) is 4.75. The van der Waals surface area contributed by atoms with Crippen LogP contribution in [0.3, 0.4) is 0 Å². The largest absolute Gasteiger partial charge is 0.376 e. The SMILES string of the molecule is Cc1csc(CNc2cc(F)c(F)cc2F)n1. The second-order valence-electron chi connectivity index (χ2n) is 3.48. The van der Waals surface area contributed by atoms with Crippen LogP contribution in [0.15, 0.2) is 17.5 Å². The highest BCUT2D eigenvalue weighted by molar-refractivity contribution is 7.09. The van der Waals surface area contributed by atoms with Gasteiger partial charge in [-0.1, -0.05) is 0 Å². The van der Waals surface area contributed by atoms with Crippen molar-refractivity contribution in [3.05, 3.63) is 45.7 Å². The number of nitrogens with zero attached hydrogens (tertiary/aromatic N) is 1. The Kier molecular flexibility index (Phi) is 3.33. The Balaban J connectivity index is 2.11. The van der Waals surface area contributed by atoms with Crippen LogP contribution in [-0.4, -0.2) is 4.98 Å². The molecule has 2 rings (SSSR count). The number of rotatable bonds is 3. The molecule has 0 saturated carbocycles. The van der Waals surface area contributed by atoms with Crippen molar-refractivity contribution < 1.29 is 13.2 Å². The smallest absolute Gasteiger partial charge is 0.161 e. The maximum atomic E-state index is 13.3. The fraction of sp³-hybridized carbons (Fsp3) is 0.182. The van der Waals surface area contributed by atoms with Crippen LogP contribution in [0, 0.1) is 24.4 Å². The minimum atomic E-state index is -1.20. The molecule has 0 spiro atoms. The van der Waals surface area contributed by atoms with Crippen molar-refractivity contribution in [1.29, 1.82) is 0 Å². The van der Waals surface area contributed by atoms with Crippen molar-refractivity contribution in [1.82, 2.24) is 4.98 Å². The molecule has 1 N–H and O–H groups in total. The molecule has 0 radical (unpaired) electrons. The van der Waals surface area contributed by atoms with Gasteiger partial charge in [-0.15, -0.1) is 11.3 Å². The molecule has 0 bridgehead atoms. The molecule has 0 aliphatic carbocycles. The Morgan fingerprint density at radius 2 is 1.88 bits per heavy atom. The van der Waals surface area contributed by atoms with Crippen LogP contribution in [-0.2, 0) is 6.54 Å². The van der Waals surface area contributed by atoms with Crippen molar-refractivity contribution in [2.24, 2.45) is 0 Å². The van der Waals surface area contributed by atoms with E-state index < -0.39 is 17.5 Å². The molecule has 0 aliphatic heterocycles. The van der Waals surface area contributed by atoms with E-state index in [1.165, 1.54) is 11.3 Å². The zero-order chi connectivity index (χ0) is 12.4. The molecule has 1 aromatic carbocycles. The lowest BCUT2D eigenvalue weighted by Gasteiger charge is -2.06. The first-order valence-corrected chi connectivity index (χ1v) is 5.73. The summed E-state index contributed by atoms with van der Waals surface area (Å²) in [7, 11) is 0. The van der Waals surface area contributed by atoms with E-state index >= 15 is 0 Å². The maximum Gasteiger partial charge on any atom is 0.161 e. The van der Waals surface area contributed by atoms with Crippen molar-refractivity contribution in [3.8, 4) is 0 Å². The molecule has 2 aromatic rings. The van der Waals surface area contributed by atoms with Gasteiger partial charge in [0.1, 0.15) is 10.8 Å². The van der Waals surface area contributed by atoms with Gasteiger partial charge in [0.25, 0.3) is 0 Å². The van der Waals surface area contributed by atoms with Gasteiger partial charge in [0, 0.05) is 23.2 Å². The molecule has 90 valence electrons. The highest BCUT2D eigenvalue weighted by atomic mass is 32.1. The average molecular weight is 258 g/mol. The number of nitrogens with one attached hydrogen (secondary N) is 1. The first-order chi connectivity index (χ1) is 8.06. The lowest BCUT2D eigenvalue weighted by atomic mass is 10.3. The molecule has 0 atom stereocenters. The summed E-state index contributed by atoms with van der Waals surface area (Å²) in [6.07, 6.45) is 0.